The predicted octanol–water partition coefficient (Wildman–Crippen LogP) is 5.09. The summed E-state index contributed by atoms with van der Waals surface area (Å²) in [5, 5.41) is 4.32. The number of carbonyl (C=O) groups excluding carboxylic acids is 1. The van der Waals surface area contributed by atoms with Gasteiger partial charge in [-0.25, -0.2) is 0 Å². The molecule has 1 N–H and O–H groups in total. The number of nitrogens with one attached hydrogen (secondary N) is 1. The molecule has 0 atom stereocenters. The van der Waals surface area contributed by atoms with E-state index < -0.39 is 0 Å². The highest BCUT2D eigenvalue weighted by Gasteiger charge is 2.30. The Morgan fingerprint density at radius 3 is 2.55 bits per heavy atom. The molecule has 152 valence electrons. The van der Waals surface area contributed by atoms with E-state index in [2.05, 4.69) is 31.5 Å². The van der Waals surface area contributed by atoms with E-state index in [0.717, 1.165) is 48.2 Å². The van der Waals surface area contributed by atoms with Crippen LogP contribution in [0.1, 0.15) is 29.0 Å². The van der Waals surface area contributed by atoms with Gasteiger partial charge in [-0.15, -0.1) is 0 Å². The van der Waals surface area contributed by atoms with Crippen molar-refractivity contribution in [1.82, 2.24) is 0 Å². The van der Waals surface area contributed by atoms with Gasteiger partial charge >= 0.3 is 0 Å². The summed E-state index contributed by atoms with van der Waals surface area (Å²) in [7, 11) is 4.55. The molecule has 2 heterocycles. The van der Waals surface area contributed by atoms with Crippen molar-refractivity contribution in [3.8, 4) is 0 Å². The molecule has 0 spiro atoms. The fourth-order valence-electron chi connectivity index (χ4n) is 4.00. The van der Waals surface area contributed by atoms with E-state index in [0.29, 0.717) is 16.6 Å². The molecule has 0 saturated carbocycles. The molecule has 1 saturated heterocycles. The molecule has 0 unspecified atom stereocenters. The third-order valence-electron chi connectivity index (χ3n) is 5.68. The molecule has 4 rings (SSSR count). The van der Waals surface area contributed by atoms with Gasteiger partial charge < -0.3 is 19.0 Å². The number of furan rings is 1. The lowest BCUT2D eigenvalue weighted by atomic mass is 10.0. The van der Waals surface area contributed by atoms with Gasteiger partial charge in [0.2, 0.25) is 0 Å². The van der Waals surface area contributed by atoms with Crippen molar-refractivity contribution >= 4 is 34.2 Å². The molecular weight excluding hydrogens is 388 g/mol. The molecule has 3 aromatic rings. The van der Waals surface area contributed by atoms with Crippen molar-refractivity contribution in [2.75, 3.05) is 32.6 Å². The monoisotopic (exact) mass is 413 g/mol. The number of rotatable bonds is 5. The lowest BCUT2D eigenvalue weighted by molar-refractivity contribution is -0.929. The minimum Gasteiger partial charge on any atom is -0.451 e. The van der Waals surface area contributed by atoms with Gasteiger partial charge in [-0.2, -0.15) is 0 Å². The van der Waals surface area contributed by atoms with Crippen LogP contribution in [0.25, 0.3) is 11.0 Å². The van der Waals surface area contributed by atoms with Crippen molar-refractivity contribution in [2.45, 2.75) is 25.4 Å². The number of benzene rings is 2. The molecule has 0 bridgehead atoms. The van der Waals surface area contributed by atoms with Crippen LogP contribution in [-0.4, -0.2) is 43.7 Å². The fraction of sp³-hybridized carbons (Fsp3) is 0.348. The molecular formula is C23H26ClN2O3+. The summed E-state index contributed by atoms with van der Waals surface area (Å²) < 4.78 is 12.1. The number of fused-ring (bicyclic) bond motifs is 1. The first-order valence-corrected chi connectivity index (χ1v) is 10.3. The molecule has 1 aliphatic rings. The van der Waals surface area contributed by atoms with E-state index in [-0.39, 0.29) is 11.7 Å². The number of nitrogens with zero attached hydrogens (tertiary/aromatic N) is 1. The highest BCUT2D eigenvalue weighted by Crippen LogP contribution is 2.25. The minimum absolute atomic E-state index is 0.267. The summed E-state index contributed by atoms with van der Waals surface area (Å²) in [6, 6.07) is 15.7. The molecule has 1 aromatic heterocycles. The fourth-order valence-corrected chi connectivity index (χ4v) is 4.18. The Balaban J connectivity index is 1.41. The summed E-state index contributed by atoms with van der Waals surface area (Å²) in [6.07, 6.45) is 2.20. The van der Waals surface area contributed by atoms with E-state index in [1.54, 1.807) is 24.3 Å². The quantitative estimate of drug-likeness (QED) is 0.592. The van der Waals surface area contributed by atoms with Gasteiger partial charge in [-0.05, 0) is 36.4 Å². The number of anilines is 1. The Morgan fingerprint density at radius 1 is 1.10 bits per heavy atom. The maximum absolute atomic E-state index is 12.5. The van der Waals surface area contributed by atoms with Crippen LogP contribution in [0, 0.1) is 0 Å². The van der Waals surface area contributed by atoms with Crippen LogP contribution < -0.4 is 5.32 Å². The summed E-state index contributed by atoms with van der Waals surface area (Å²) in [5.74, 6) is -0.00736. The Bertz CT molecular complexity index is 1000. The summed E-state index contributed by atoms with van der Waals surface area (Å²) in [4.78, 5) is 12.5. The average Bonchev–Trinajstić information content (AvgIpc) is 3.13. The predicted molar refractivity (Wildman–Crippen MR) is 115 cm³/mol. The number of hydrogen-bond donors (Lipinski definition) is 1. The smallest absolute Gasteiger partial charge is 0.291 e. The van der Waals surface area contributed by atoms with Crippen LogP contribution in [-0.2, 0) is 11.3 Å². The maximum atomic E-state index is 12.5. The van der Waals surface area contributed by atoms with Crippen molar-refractivity contribution in [1.29, 1.82) is 0 Å². The van der Waals surface area contributed by atoms with Gasteiger partial charge in [0.05, 0.1) is 33.4 Å². The van der Waals surface area contributed by atoms with Crippen molar-refractivity contribution in [3.05, 3.63) is 64.9 Å². The first kappa shape index (κ1) is 20.0. The number of hydrogen-bond acceptors (Lipinski definition) is 3. The van der Waals surface area contributed by atoms with Crippen molar-refractivity contribution < 1.29 is 18.4 Å². The van der Waals surface area contributed by atoms with Gasteiger partial charge in [-0.1, -0.05) is 23.7 Å². The first-order chi connectivity index (χ1) is 13.9. The Labute approximate surface area is 175 Å². The molecule has 2 aromatic carbocycles. The topological polar surface area (TPSA) is 51.5 Å². The summed E-state index contributed by atoms with van der Waals surface area (Å²) in [5.41, 5.74) is 2.63. The van der Waals surface area contributed by atoms with Gasteiger partial charge in [0.15, 0.2) is 5.76 Å². The van der Waals surface area contributed by atoms with E-state index in [1.165, 1.54) is 5.56 Å². The first-order valence-electron chi connectivity index (χ1n) is 9.90. The Kier molecular flexibility index (Phi) is 5.63. The van der Waals surface area contributed by atoms with Crippen LogP contribution in [0.15, 0.2) is 52.9 Å². The number of amides is 1. The number of carbonyl (C=O) groups is 1. The lowest BCUT2D eigenvalue weighted by Gasteiger charge is -2.40. The number of quaternary nitrogens is 1. The van der Waals surface area contributed by atoms with Gasteiger partial charge in [0, 0.05) is 34.5 Å². The normalized spacial score (nSPS) is 15.6. The number of halogens is 1. The average molecular weight is 414 g/mol. The molecule has 0 aliphatic carbocycles. The molecule has 29 heavy (non-hydrogen) atoms. The minimum atomic E-state index is -0.275. The summed E-state index contributed by atoms with van der Waals surface area (Å²) >= 11 is 6.00. The molecule has 1 aliphatic heterocycles. The standard InChI is InChI=1S/C23H25ClN2O3/c1-26(2,20-9-11-28-12-10-20)15-16-3-6-19(7-4-16)25-23(27)22-14-17-13-18(24)5-8-21(17)29-22/h3-8,13-14,20H,9-12,15H2,1-2H3/p+1. The second-order valence-corrected chi connectivity index (χ2v) is 8.66. The van der Waals surface area contributed by atoms with Crippen LogP contribution in [0.4, 0.5) is 5.69 Å². The lowest BCUT2D eigenvalue weighted by Crippen LogP contribution is -2.50. The van der Waals surface area contributed by atoms with Crippen LogP contribution in [0.3, 0.4) is 0 Å². The van der Waals surface area contributed by atoms with E-state index in [4.69, 9.17) is 20.8 Å². The van der Waals surface area contributed by atoms with E-state index in [1.807, 2.05) is 12.1 Å². The van der Waals surface area contributed by atoms with Crippen LogP contribution >= 0.6 is 11.6 Å². The Morgan fingerprint density at radius 2 is 1.83 bits per heavy atom. The van der Waals surface area contributed by atoms with E-state index in [9.17, 15) is 4.79 Å². The SMILES string of the molecule is C[N+](C)(Cc1ccc(NC(=O)c2cc3cc(Cl)ccc3o2)cc1)C1CCOCC1. The molecule has 6 heteroatoms. The zero-order valence-electron chi connectivity index (χ0n) is 16.8. The van der Waals surface area contributed by atoms with Crippen LogP contribution in [0.5, 0.6) is 0 Å². The third-order valence-corrected chi connectivity index (χ3v) is 5.92. The summed E-state index contributed by atoms with van der Waals surface area (Å²) in [6.45, 7) is 2.65. The zero-order valence-corrected chi connectivity index (χ0v) is 17.5. The van der Waals surface area contributed by atoms with Crippen molar-refractivity contribution in [2.24, 2.45) is 0 Å². The number of ether oxygens (including phenoxy) is 1. The van der Waals surface area contributed by atoms with Crippen molar-refractivity contribution in [3.63, 3.8) is 0 Å². The highest BCUT2D eigenvalue weighted by molar-refractivity contribution is 6.31. The third kappa shape index (κ3) is 4.64. The van der Waals surface area contributed by atoms with Gasteiger partial charge in [-0.3, -0.25) is 4.79 Å². The van der Waals surface area contributed by atoms with Gasteiger partial charge in [0.1, 0.15) is 12.1 Å². The largest absolute Gasteiger partial charge is 0.451 e. The van der Waals surface area contributed by atoms with Crippen LogP contribution in [0.2, 0.25) is 5.02 Å². The second kappa shape index (κ2) is 8.19. The zero-order chi connectivity index (χ0) is 20.4. The Hall–Kier alpha value is -2.34. The van der Waals surface area contributed by atoms with E-state index >= 15 is 0 Å². The molecule has 1 fully saturated rings. The molecule has 0 radical (unpaired) electrons. The molecule has 5 nitrogen and oxygen atoms in total. The van der Waals surface area contributed by atoms with Gasteiger partial charge in [0.25, 0.3) is 5.91 Å². The maximum Gasteiger partial charge on any atom is 0.291 e. The second-order valence-electron chi connectivity index (χ2n) is 8.22. The molecule has 1 amide bonds. The highest BCUT2D eigenvalue weighted by atomic mass is 35.5.